The van der Waals surface area contributed by atoms with Crippen LogP contribution in [-0.2, 0) is 9.53 Å². The molecular weight excluding hydrogens is 342 g/mol. The summed E-state index contributed by atoms with van der Waals surface area (Å²) in [7, 11) is 0. The number of rotatable bonds is 4. The molecule has 0 unspecified atom stereocenters. The molecule has 0 aliphatic carbocycles. The zero-order valence-corrected chi connectivity index (χ0v) is 15.2. The van der Waals surface area contributed by atoms with Crippen LogP contribution in [0.3, 0.4) is 0 Å². The number of carbonyl (C=O) groups excluding carboxylic acids is 1. The Hall–Kier alpha value is -3.34. The minimum atomic E-state index is -0.446. The molecule has 0 bridgehead atoms. The molecule has 0 atom stereocenters. The molecule has 0 N–H and O–H groups in total. The van der Waals surface area contributed by atoms with E-state index in [-0.39, 0.29) is 0 Å². The first kappa shape index (κ1) is 17.1. The van der Waals surface area contributed by atoms with Gasteiger partial charge >= 0.3 is 5.97 Å². The number of benzene rings is 2. The van der Waals surface area contributed by atoms with E-state index in [2.05, 4.69) is 11.9 Å². The third kappa shape index (κ3) is 3.36. The molecule has 4 rings (SSSR count). The van der Waals surface area contributed by atoms with Gasteiger partial charge in [-0.3, -0.25) is 0 Å². The number of para-hydroxylation sites is 1. The minimum absolute atomic E-state index is 0.295. The van der Waals surface area contributed by atoms with Crippen molar-refractivity contribution in [2.75, 3.05) is 6.61 Å². The van der Waals surface area contributed by atoms with Gasteiger partial charge in [0.25, 0.3) is 0 Å². The van der Waals surface area contributed by atoms with Crippen LogP contribution >= 0.6 is 0 Å². The van der Waals surface area contributed by atoms with E-state index < -0.39 is 5.97 Å². The Morgan fingerprint density at radius 3 is 2.52 bits per heavy atom. The number of hydrogen-bond acceptors (Lipinski definition) is 5. The quantitative estimate of drug-likeness (QED) is 0.590. The lowest BCUT2D eigenvalue weighted by Gasteiger charge is -2.21. The summed E-state index contributed by atoms with van der Waals surface area (Å²) >= 11 is 0. The normalized spacial score (nSPS) is 18.2. The van der Waals surface area contributed by atoms with Crippen molar-refractivity contribution in [1.82, 2.24) is 0 Å². The molecule has 2 aliphatic heterocycles. The average molecular weight is 361 g/mol. The minimum Gasteiger partial charge on any atom is -0.494 e. The van der Waals surface area contributed by atoms with E-state index in [1.807, 2.05) is 54.6 Å². The van der Waals surface area contributed by atoms with Gasteiger partial charge in [-0.25, -0.2) is 9.79 Å². The molecule has 5 heteroatoms. The van der Waals surface area contributed by atoms with Gasteiger partial charge in [-0.15, -0.1) is 0 Å². The fourth-order valence-electron chi connectivity index (χ4n) is 2.99. The Bertz CT molecular complexity index is 984. The number of esters is 1. The Morgan fingerprint density at radius 1 is 1.04 bits per heavy atom. The smallest absolute Gasteiger partial charge is 0.364 e. The van der Waals surface area contributed by atoms with Crippen molar-refractivity contribution in [2.45, 2.75) is 20.3 Å². The van der Waals surface area contributed by atoms with E-state index in [4.69, 9.17) is 14.2 Å². The lowest BCUT2D eigenvalue weighted by atomic mass is 9.97. The third-order valence-corrected chi connectivity index (χ3v) is 4.24. The predicted octanol–water partition coefficient (Wildman–Crippen LogP) is 4.60. The Kier molecular flexibility index (Phi) is 4.50. The summed E-state index contributed by atoms with van der Waals surface area (Å²) in [5.74, 6) is 2.04. The summed E-state index contributed by atoms with van der Waals surface area (Å²) < 4.78 is 16.8. The van der Waals surface area contributed by atoms with Crippen molar-refractivity contribution in [3.8, 4) is 11.5 Å². The highest BCUT2D eigenvalue weighted by Gasteiger charge is 2.28. The van der Waals surface area contributed by atoms with Crippen molar-refractivity contribution in [3.63, 3.8) is 0 Å². The van der Waals surface area contributed by atoms with Gasteiger partial charge in [0, 0.05) is 23.6 Å². The van der Waals surface area contributed by atoms with Crippen LogP contribution < -0.4 is 9.47 Å². The zero-order chi connectivity index (χ0) is 18.8. The summed E-state index contributed by atoms with van der Waals surface area (Å²) in [5.41, 5.74) is 2.69. The van der Waals surface area contributed by atoms with E-state index in [0.717, 1.165) is 23.3 Å². The van der Waals surface area contributed by atoms with Crippen LogP contribution in [0, 0.1) is 0 Å². The fraction of sp³-hybridized carbons (Fsp3) is 0.182. The van der Waals surface area contributed by atoms with Crippen molar-refractivity contribution >= 4 is 23.2 Å². The molecule has 0 radical (unpaired) electrons. The fourth-order valence-corrected chi connectivity index (χ4v) is 2.99. The Balaban J connectivity index is 1.77. The number of nitrogens with zero attached hydrogens (tertiary/aromatic N) is 1. The van der Waals surface area contributed by atoms with Crippen molar-refractivity contribution in [3.05, 3.63) is 71.4 Å². The average Bonchev–Trinajstić information content (AvgIpc) is 3.03. The molecule has 2 heterocycles. The van der Waals surface area contributed by atoms with Crippen LogP contribution in [0.5, 0.6) is 11.5 Å². The molecule has 0 spiro atoms. The molecule has 2 aliphatic rings. The SMILES string of the molecule is CCCOc1ccc(C2=C/C(=C3/N=C(C)OC3=O)c3ccccc3O2)cc1. The van der Waals surface area contributed by atoms with Gasteiger partial charge in [-0.2, -0.15) is 0 Å². The number of allylic oxidation sites excluding steroid dienone is 2. The van der Waals surface area contributed by atoms with Crippen molar-refractivity contribution in [2.24, 2.45) is 4.99 Å². The van der Waals surface area contributed by atoms with Crippen LogP contribution in [0.1, 0.15) is 31.4 Å². The van der Waals surface area contributed by atoms with E-state index in [9.17, 15) is 4.79 Å². The number of hydrogen-bond donors (Lipinski definition) is 0. The molecule has 0 saturated carbocycles. The largest absolute Gasteiger partial charge is 0.494 e. The van der Waals surface area contributed by atoms with Gasteiger partial charge in [0.05, 0.1) is 6.61 Å². The standard InChI is InChI=1S/C22H19NO4/c1-3-12-25-16-10-8-15(9-11-16)20-13-18(21-22(24)26-14(2)23-21)17-6-4-5-7-19(17)27-20/h4-11,13H,3,12H2,1-2H3/b21-18-. The Morgan fingerprint density at radius 2 is 1.81 bits per heavy atom. The molecular formula is C22H19NO4. The molecule has 5 nitrogen and oxygen atoms in total. The lowest BCUT2D eigenvalue weighted by Crippen LogP contribution is -2.07. The third-order valence-electron chi connectivity index (χ3n) is 4.24. The Labute approximate surface area is 157 Å². The summed E-state index contributed by atoms with van der Waals surface area (Å²) in [6.45, 7) is 4.41. The molecule has 27 heavy (non-hydrogen) atoms. The van der Waals surface area contributed by atoms with Crippen LogP contribution in [-0.4, -0.2) is 18.5 Å². The van der Waals surface area contributed by atoms with Crippen molar-refractivity contribution in [1.29, 1.82) is 0 Å². The van der Waals surface area contributed by atoms with Crippen molar-refractivity contribution < 1.29 is 19.0 Å². The van der Waals surface area contributed by atoms with E-state index in [0.29, 0.717) is 35.3 Å². The number of fused-ring (bicyclic) bond motifs is 1. The molecule has 0 aromatic heterocycles. The molecule has 2 aromatic rings. The monoisotopic (exact) mass is 361 g/mol. The van der Waals surface area contributed by atoms with E-state index in [1.54, 1.807) is 6.92 Å². The highest BCUT2D eigenvalue weighted by Crippen LogP contribution is 2.39. The maximum atomic E-state index is 12.2. The van der Waals surface area contributed by atoms with Gasteiger partial charge in [0.1, 0.15) is 17.3 Å². The van der Waals surface area contributed by atoms with Crippen LogP contribution in [0.25, 0.3) is 11.3 Å². The summed E-state index contributed by atoms with van der Waals surface area (Å²) in [6, 6.07) is 15.3. The molecule has 2 aromatic carbocycles. The molecule has 0 saturated heterocycles. The number of cyclic esters (lactones) is 1. The topological polar surface area (TPSA) is 57.1 Å². The number of ether oxygens (including phenoxy) is 3. The molecule has 0 amide bonds. The second kappa shape index (κ2) is 7.11. The van der Waals surface area contributed by atoms with Crippen LogP contribution in [0.2, 0.25) is 0 Å². The first-order valence-corrected chi connectivity index (χ1v) is 8.89. The first-order valence-electron chi connectivity index (χ1n) is 8.89. The van der Waals surface area contributed by atoms with E-state index in [1.165, 1.54) is 0 Å². The summed E-state index contributed by atoms with van der Waals surface area (Å²) in [4.78, 5) is 16.5. The summed E-state index contributed by atoms with van der Waals surface area (Å²) in [6.07, 6.45) is 2.79. The number of aliphatic imine (C=N–C) groups is 1. The predicted molar refractivity (Wildman–Crippen MR) is 103 cm³/mol. The van der Waals surface area contributed by atoms with Gasteiger partial charge in [-0.1, -0.05) is 25.1 Å². The highest BCUT2D eigenvalue weighted by molar-refractivity contribution is 6.11. The second-order valence-corrected chi connectivity index (χ2v) is 6.26. The maximum absolute atomic E-state index is 12.2. The van der Waals surface area contributed by atoms with Gasteiger partial charge in [-0.05, 0) is 42.8 Å². The summed E-state index contributed by atoms with van der Waals surface area (Å²) in [5, 5.41) is 0. The van der Waals surface area contributed by atoms with Crippen LogP contribution in [0.4, 0.5) is 0 Å². The van der Waals surface area contributed by atoms with Gasteiger partial charge in [0.2, 0.25) is 0 Å². The zero-order valence-electron chi connectivity index (χ0n) is 15.2. The highest BCUT2D eigenvalue weighted by atomic mass is 16.6. The second-order valence-electron chi connectivity index (χ2n) is 6.26. The van der Waals surface area contributed by atoms with Gasteiger partial charge < -0.3 is 14.2 Å². The maximum Gasteiger partial charge on any atom is 0.364 e. The van der Waals surface area contributed by atoms with E-state index >= 15 is 0 Å². The first-order chi connectivity index (χ1) is 13.2. The molecule has 136 valence electrons. The number of carbonyl (C=O) groups is 1. The lowest BCUT2D eigenvalue weighted by molar-refractivity contribution is -0.130. The molecule has 0 fully saturated rings. The van der Waals surface area contributed by atoms with Crippen LogP contribution in [0.15, 0.2) is 65.3 Å². The van der Waals surface area contributed by atoms with Gasteiger partial charge in [0.15, 0.2) is 11.6 Å².